The van der Waals surface area contributed by atoms with Crippen LogP contribution in [0.5, 0.6) is 0 Å². The highest BCUT2D eigenvalue weighted by Gasteiger charge is 2.33. The van der Waals surface area contributed by atoms with E-state index in [4.69, 9.17) is 11.5 Å². The van der Waals surface area contributed by atoms with Crippen molar-refractivity contribution in [3.8, 4) is 0 Å². The van der Waals surface area contributed by atoms with Crippen molar-refractivity contribution < 1.29 is 0 Å². The van der Waals surface area contributed by atoms with Gasteiger partial charge < -0.3 is 27.4 Å². The molecule has 6 nitrogen and oxygen atoms in total. The highest BCUT2D eigenvalue weighted by atomic mass is 15.2. The molecule has 2 unspecified atom stereocenters. The lowest BCUT2D eigenvalue weighted by molar-refractivity contribution is 0.193. The van der Waals surface area contributed by atoms with Crippen LogP contribution in [0, 0.1) is 0 Å². The fourth-order valence-corrected chi connectivity index (χ4v) is 3.69. The molecule has 0 radical (unpaired) electrons. The van der Waals surface area contributed by atoms with Crippen LogP contribution in [0.25, 0.3) is 0 Å². The number of hydrogen-bond donors (Lipinski definition) is 5. The molecule has 4 rings (SSSR count). The third-order valence-electron chi connectivity index (χ3n) is 5.51. The molecule has 4 aliphatic rings. The van der Waals surface area contributed by atoms with Gasteiger partial charge in [-0.25, -0.2) is 0 Å². The van der Waals surface area contributed by atoms with Crippen molar-refractivity contribution in [3.05, 3.63) is 0 Å². The van der Waals surface area contributed by atoms with Crippen molar-refractivity contribution in [1.29, 1.82) is 0 Å². The van der Waals surface area contributed by atoms with E-state index in [0.717, 1.165) is 63.9 Å². The minimum atomic E-state index is 0.473. The summed E-state index contributed by atoms with van der Waals surface area (Å²) >= 11 is 0. The van der Waals surface area contributed by atoms with Crippen LogP contribution in [0.15, 0.2) is 0 Å². The zero-order valence-corrected chi connectivity index (χ0v) is 14.9. The molecule has 0 saturated carbocycles. The van der Waals surface area contributed by atoms with Crippen LogP contribution in [-0.2, 0) is 0 Å². The van der Waals surface area contributed by atoms with E-state index in [-0.39, 0.29) is 0 Å². The predicted molar refractivity (Wildman–Crippen MR) is 97.6 cm³/mol. The lowest BCUT2D eigenvalue weighted by atomic mass is 10.1. The molecule has 4 aliphatic heterocycles. The second-order valence-electron chi connectivity index (χ2n) is 7.38. The van der Waals surface area contributed by atoms with E-state index in [1.54, 1.807) is 0 Å². The molecule has 136 valence electrons. The smallest absolute Gasteiger partial charge is 0.0221 e. The van der Waals surface area contributed by atoms with Crippen molar-refractivity contribution in [2.45, 2.75) is 62.7 Å². The van der Waals surface area contributed by atoms with E-state index in [1.807, 2.05) is 0 Å². The van der Waals surface area contributed by atoms with E-state index in [9.17, 15) is 0 Å². The number of hydrogen-bond acceptors (Lipinski definition) is 6. The molecule has 6 heteroatoms. The third kappa shape index (κ3) is 7.03. The first-order chi connectivity index (χ1) is 11.2. The van der Waals surface area contributed by atoms with Gasteiger partial charge in [-0.05, 0) is 71.8 Å². The molecule has 0 aromatic heterocycles. The van der Waals surface area contributed by atoms with Crippen LogP contribution in [0.3, 0.4) is 0 Å². The monoisotopic (exact) mass is 326 g/mol. The van der Waals surface area contributed by atoms with Crippen molar-refractivity contribution in [2.75, 3.05) is 46.3 Å². The number of nitrogens with zero attached hydrogens (tertiary/aromatic N) is 1. The Bertz CT molecular complexity index is 269. The molecule has 0 spiro atoms. The van der Waals surface area contributed by atoms with E-state index in [2.05, 4.69) is 27.9 Å². The number of fused-ring (bicyclic) bond motifs is 2. The first-order valence-electron chi connectivity index (χ1n) is 9.52. The topological polar surface area (TPSA) is 91.4 Å². The molecule has 0 aromatic rings. The van der Waals surface area contributed by atoms with Gasteiger partial charge in [-0.2, -0.15) is 0 Å². The molecular formula is C17H38N6. The maximum atomic E-state index is 5.59. The summed E-state index contributed by atoms with van der Waals surface area (Å²) in [5.41, 5.74) is 11.2. The van der Waals surface area contributed by atoms with Crippen molar-refractivity contribution in [1.82, 2.24) is 20.9 Å². The Kier molecular flexibility index (Phi) is 8.79. The molecule has 2 bridgehead atoms. The van der Waals surface area contributed by atoms with E-state index in [1.165, 1.54) is 25.9 Å². The molecule has 23 heavy (non-hydrogen) atoms. The minimum absolute atomic E-state index is 0.473. The summed E-state index contributed by atoms with van der Waals surface area (Å²) in [6.07, 6.45) is 7.43. The summed E-state index contributed by atoms with van der Waals surface area (Å²) in [7, 11) is 2.25. The van der Waals surface area contributed by atoms with Crippen molar-refractivity contribution in [2.24, 2.45) is 11.5 Å². The number of nitrogens with one attached hydrogen (secondary N) is 3. The average Bonchev–Trinajstić information content (AvgIpc) is 2.78. The molecule has 0 aliphatic carbocycles. The Hall–Kier alpha value is -0.240. The summed E-state index contributed by atoms with van der Waals surface area (Å²) < 4.78 is 0. The fraction of sp³-hybridized carbons (Fsp3) is 1.00. The summed E-state index contributed by atoms with van der Waals surface area (Å²) in [4.78, 5) is 2.52. The zero-order valence-electron chi connectivity index (χ0n) is 14.9. The number of piperidine rings is 2. The normalized spacial score (nSPS) is 32.5. The molecule has 2 atom stereocenters. The maximum absolute atomic E-state index is 5.59. The van der Waals surface area contributed by atoms with Gasteiger partial charge in [-0.15, -0.1) is 0 Å². The van der Waals surface area contributed by atoms with E-state index >= 15 is 0 Å². The summed E-state index contributed by atoms with van der Waals surface area (Å²) in [6, 6.07) is 2.65. The Labute approximate surface area is 142 Å². The standard InChI is InChI=1S/C7H14N2.2C5H12N2/c1-9-6-2-3-7(9)5-8-4-6;2*6-5-1-3-7-4-2-5/h6-8H,2-5H2,1H3;2*5,7H,1-4,6H2. The predicted octanol–water partition coefficient (Wildman–Crippen LogP) is -0.553. The van der Waals surface area contributed by atoms with Gasteiger partial charge in [0, 0.05) is 37.3 Å². The van der Waals surface area contributed by atoms with Crippen LogP contribution in [0.2, 0.25) is 0 Å². The number of piperazine rings is 1. The highest BCUT2D eigenvalue weighted by molar-refractivity contribution is 4.92. The highest BCUT2D eigenvalue weighted by Crippen LogP contribution is 2.23. The van der Waals surface area contributed by atoms with E-state index in [0.29, 0.717) is 12.1 Å². The Morgan fingerprint density at radius 3 is 1.30 bits per heavy atom. The lowest BCUT2D eigenvalue weighted by Crippen LogP contribution is -2.49. The quantitative estimate of drug-likeness (QED) is 0.410. The van der Waals surface area contributed by atoms with Gasteiger partial charge in [0.1, 0.15) is 0 Å². The van der Waals surface area contributed by atoms with E-state index < -0.39 is 0 Å². The van der Waals surface area contributed by atoms with Crippen LogP contribution in [0.1, 0.15) is 38.5 Å². The summed E-state index contributed by atoms with van der Waals surface area (Å²) in [5, 5.41) is 9.91. The second kappa shape index (κ2) is 10.6. The molecular weight excluding hydrogens is 288 g/mol. The Morgan fingerprint density at radius 1 is 0.652 bits per heavy atom. The third-order valence-corrected chi connectivity index (χ3v) is 5.51. The largest absolute Gasteiger partial charge is 0.328 e. The van der Waals surface area contributed by atoms with Gasteiger partial charge in [0.25, 0.3) is 0 Å². The van der Waals surface area contributed by atoms with Crippen molar-refractivity contribution >= 4 is 0 Å². The summed E-state index contributed by atoms with van der Waals surface area (Å²) in [6.45, 7) is 6.88. The molecule has 4 heterocycles. The Balaban J connectivity index is 0.000000127. The average molecular weight is 327 g/mol. The molecule has 0 aromatic carbocycles. The van der Waals surface area contributed by atoms with Crippen LogP contribution in [0.4, 0.5) is 0 Å². The summed E-state index contributed by atoms with van der Waals surface area (Å²) in [5.74, 6) is 0. The second-order valence-corrected chi connectivity index (χ2v) is 7.38. The van der Waals surface area contributed by atoms with Crippen molar-refractivity contribution in [3.63, 3.8) is 0 Å². The lowest BCUT2D eigenvalue weighted by Gasteiger charge is -2.31. The fourth-order valence-electron chi connectivity index (χ4n) is 3.69. The SMILES string of the molecule is CN1C2CCC1CNC2.NC1CCNCC1.NC1CCNCC1. The van der Waals surface area contributed by atoms with Gasteiger partial charge >= 0.3 is 0 Å². The zero-order chi connectivity index (χ0) is 16.5. The van der Waals surface area contributed by atoms with Gasteiger partial charge in [0.15, 0.2) is 0 Å². The maximum Gasteiger partial charge on any atom is 0.0221 e. The van der Waals surface area contributed by atoms with Gasteiger partial charge in [0.05, 0.1) is 0 Å². The Morgan fingerprint density at radius 2 is 1.04 bits per heavy atom. The van der Waals surface area contributed by atoms with Gasteiger partial charge in [-0.3, -0.25) is 4.90 Å². The number of rotatable bonds is 0. The number of likely N-dealkylation sites (N-methyl/N-ethyl adjacent to an activating group) is 1. The molecule has 0 amide bonds. The van der Waals surface area contributed by atoms with Gasteiger partial charge in [0.2, 0.25) is 0 Å². The number of nitrogens with two attached hydrogens (primary N) is 2. The van der Waals surface area contributed by atoms with Crippen LogP contribution in [-0.4, -0.2) is 75.4 Å². The first-order valence-corrected chi connectivity index (χ1v) is 9.52. The molecule has 4 fully saturated rings. The van der Waals surface area contributed by atoms with Crippen LogP contribution < -0.4 is 27.4 Å². The first kappa shape index (κ1) is 19.1. The molecule has 7 N–H and O–H groups in total. The molecule has 4 saturated heterocycles. The minimum Gasteiger partial charge on any atom is -0.328 e. The van der Waals surface area contributed by atoms with Gasteiger partial charge in [-0.1, -0.05) is 0 Å². The van der Waals surface area contributed by atoms with Crippen LogP contribution >= 0.6 is 0 Å².